The summed E-state index contributed by atoms with van der Waals surface area (Å²) in [5.74, 6) is -4.43. The first-order valence-electron chi connectivity index (χ1n) is 7.76. The molecule has 0 bridgehead atoms. The van der Waals surface area contributed by atoms with Gasteiger partial charge in [-0.3, -0.25) is 19.2 Å². The molecule has 0 saturated carbocycles. The molecule has 7 nitrogen and oxygen atoms in total. The summed E-state index contributed by atoms with van der Waals surface area (Å²) in [5.41, 5.74) is 0.438. The van der Waals surface area contributed by atoms with Crippen molar-refractivity contribution in [2.45, 2.75) is 24.3 Å². The largest absolute Gasteiger partial charge is 0.393 e. The Balaban J connectivity index is 1.92. The lowest BCUT2D eigenvalue weighted by Gasteiger charge is -2.44. The van der Waals surface area contributed by atoms with E-state index in [4.69, 9.17) is 9.47 Å². The molecule has 0 radical (unpaired) electrons. The first kappa shape index (κ1) is 15.0. The normalized spacial score (nSPS) is 34.6. The van der Waals surface area contributed by atoms with Crippen LogP contribution in [-0.4, -0.2) is 30.9 Å². The van der Waals surface area contributed by atoms with Crippen LogP contribution in [0.2, 0.25) is 0 Å². The number of ether oxygens (including phenoxy) is 2. The molecule has 3 aliphatic rings. The van der Waals surface area contributed by atoms with Crippen molar-refractivity contribution in [1.82, 2.24) is 5.32 Å². The van der Waals surface area contributed by atoms with Crippen molar-refractivity contribution in [3.8, 4) is 0 Å². The fourth-order valence-corrected chi connectivity index (χ4v) is 4.31. The summed E-state index contributed by atoms with van der Waals surface area (Å²) in [5, 5.41) is 3.14. The Bertz CT molecular complexity index is 787. The third kappa shape index (κ3) is 1.81. The lowest BCUT2D eigenvalue weighted by molar-refractivity contribution is -0.156. The van der Waals surface area contributed by atoms with Gasteiger partial charge in [0.25, 0.3) is 0 Å². The molecule has 2 saturated heterocycles. The zero-order valence-corrected chi connectivity index (χ0v) is 12.9. The predicted molar refractivity (Wildman–Crippen MR) is 78.3 cm³/mol. The number of carbonyl (C=O) groups excluding carboxylic acids is 4. The van der Waals surface area contributed by atoms with E-state index in [9.17, 15) is 19.2 Å². The molecule has 4 unspecified atom stereocenters. The number of cyclic esters (lactones) is 4. The van der Waals surface area contributed by atoms with Crippen molar-refractivity contribution in [1.29, 1.82) is 0 Å². The van der Waals surface area contributed by atoms with Gasteiger partial charge >= 0.3 is 23.9 Å². The molecule has 4 rings (SSSR count). The maximum atomic E-state index is 12.2. The third-order valence-corrected chi connectivity index (χ3v) is 5.39. The van der Waals surface area contributed by atoms with Gasteiger partial charge in [-0.2, -0.15) is 0 Å². The van der Waals surface area contributed by atoms with Gasteiger partial charge in [0.1, 0.15) is 0 Å². The van der Waals surface area contributed by atoms with Crippen LogP contribution in [0.4, 0.5) is 0 Å². The highest BCUT2D eigenvalue weighted by molar-refractivity contribution is 6.01. The van der Waals surface area contributed by atoms with Crippen LogP contribution in [0.3, 0.4) is 0 Å². The van der Waals surface area contributed by atoms with Crippen LogP contribution in [0.1, 0.15) is 29.9 Å². The number of hydrogen-bond donors (Lipinski definition) is 1. The zero-order chi connectivity index (χ0) is 17.1. The summed E-state index contributed by atoms with van der Waals surface area (Å²) in [6, 6.07) is 7.15. The molecule has 1 N–H and O–H groups in total. The molecule has 1 aliphatic carbocycles. The van der Waals surface area contributed by atoms with Crippen molar-refractivity contribution in [3.63, 3.8) is 0 Å². The molecule has 0 spiro atoms. The van der Waals surface area contributed by atoms with Gasteiger partial charge in [0, 0.05) is 0 Å². The van der Waals surface area contributed by atoms with Crippen molar-refractivity contribution >= 4 is 23.9 Å². The molecule has 24 heavy (non-hydrogen) atoms. The van der Waals surface area contributed by atoms with E-state index in [0.717, 1.165) is 5.56 Å². The second-order valence-corrected chi connectivity index (χ2v) is 6.39. The van der Waals surface area contributed by atoms with Gasteiger partial charge in [-0.1, -0.05) is 24.3 Å². The van der Waals surface area contributed by atoms with Gasteiger partial charge in [-0.15, -0.1) is 0 Å². The average Bonchev–Trinajstić information content (AvgIpc) is 3.05. The van der Waals surface area contributed by atoms with Gasteiger partial charge in [0.2, 0.25) is 0 Å². The van der Waals surface area contributed by atoms with Crippen molar-refractivity contribution in [2.24, 2.45) is 11.8 Å². The van der Waals surface area contributed by atoms with Crippen molar-refractivity contribution in [2.75, 3.05) is 7.05 Å². The Kier molecular flexibility index (Phi) is 3.11. The number of carbonyl (C=O) groups is 4. The maximum Gasteiger partial charge on any atom is 0.321 e. The monoisotopic (exact) mass is 329 g/mol. The SMILES string of the molecule is CNC1(C2CC(=O)OC2=O)CC2C(=O)OC(=O)C2c2ccccc21. The fraction of sp³-hybridized carbons (Fsp3) is 0.412. The van der Waals surface area contributed by atoms with Crippen LogP contribution >= 0.6 is 0 Å². The first-order valence-corrected chi connectivity index (χ1v) is 7.76. The molecule has 2 aliphatic heterocycles. The smallest absolute Gasteiger partial charge is 0.321 e. The minimum absolute atomic E-state index is 0.0611. The topological polar surface area (TPSA) is 98.8 Å². The maximum absolute atomic E-state index is 12.2. The molecule has 2 heterocycles. The van der Waals surface area contributed by atoms with E-state index < -0.39 is 47.2 Å². The van der Waals surface area contributed by atoms with Gasteiger partial charge in [0.05, 0.1) is 29.7 Å². The van der Waals surface area contributed by atoms with Gasteiger partial charge in [-0.25, -0.2) is 0 Å². The Morgan fingerprint density at radius 3 is 2.46 bits per heavy atom. The summed E-state index contributed by atoms with van der Waals surface area (Å²) in [6.07, 6.45) is 0.136. The van der Waals surface area contributed by atoms with E-state index in [1.165, 1.54) is 0 Å². The van der Waals surface area contributed by atoms with Crippen molar-refractivity contribution in [3.05, 3.63) is 35.4 Å². The van der Waals surface area contributed by atoms with E-state index in [1.807, 2.05) is 6.07 Å². The van der Waals surface area contributed by atoms with Crippen LogP contribution in [0, 0.1) is 11.8 Å². The van der Waals surface area contributed by atoms with E-state index in [0.29, 0.717) is 5.56 Å². The first-order chi connectivity index (χ1) is 11.5. The highest BCUT2D eigenvalue weighted by atomic mass is 16.6. The molecule has 124 valence electrons. The molecule has 0 amide bonds. The summed E-state index contributed by atoms with van der Waals surface area (Å²) in [6.45, 7) is 0. The molecule has 1 aromatic rings. The Hall–Kier alpha value is -2.54. The Morgan fingerprint density at radius 1 is 1.04 bits per heavy atom. The van der Waals surface area contributed by atoms with Crippen LogP contribution in [0.15, 0.2) is 24.3 Å². The Labute approximate surface area is 137 Å². The second kappa shape index (κ2) is 4.98. The zero-order valence-electron chi connectivity index (χ0n) is 12.9. The number of hydrogen-bond acceptors (Lipinski definition) is 7. The molecular formula is C17H15NO6. The number of nitrogens with one attached hydrogen (secondary N) is 1. The second-order valence-electron chi connectivity index (χ2n) is 6.39. The molecule has 1 aromatic carbocycles. The van der Waals surface area contributed by atoms with Crippen LogP contribution in [0.5, 0.6) is 0 Å². The number of rotatable bonds is 2. The lowest BCUT2D eigenvalue weighted by Crippen LogP contribution is -2.53. The van der Waals surface area contributed by atoms with E-state index >= 15 is 0 Å². The van der Waals surface area contributed by atoms with Crippen LogP contribution in [-0.2, 0) is 34.2 Å². The predicted octanol–water partition coefficient (Wildman–Crippen LogP) is 0.378. The number of fused-ring (bicyclic) bond motifs is 3. The highest BCUT2D eigenvalue weighted by Gasteiger charge is 2.60. The quantitative estimate of drug-likeness (QED) is 0.618. The standard InChI is InChI=1S/C17H15NO6/c1-18-17(11-6-12(19)23-15(11)21)7-9-13(16(22)24-14(9)20)8-4-2-3-5-10(8)17/h2-5,9,11,13,18H,6-7H2,1H3. The van der Waals surface area contributed by atoms with Gasteiger partial charge < -0.3 is 14.8 Å². The molecule has 2 fully saturated rings. The third-order valence-electron chi connectivity index (χ3n) is 5.39. The average molecular weight is 329 g/mol. The van der Waals surface area contributed by atoms with Crippen molar-refractivity contribution < 1.29 is 28.7 Å². The summed E-state index contributed by atoms with van der Waals surface area (Å²) in [4.78, 5) is 48.1. The minimum atomic E-state index is -0.954. The van der Waals surface area contributed by atoms with Gasteiger partial charge in [-0.05, 0) is 24.6 Å². The Morgan fingerprint density at radius 2 is 1.79 bits per heavy atom. The van der Waals surface area contributed by atoms with Gasteiger partial charge in [0.15, 0.2) is 0 Å². The van der Waals surface area contributed by atoms with Crippen LogP contribution in [0.25, 0.3) is 0 Å². The molecule has 0 aromatic heterocycles. The molecular weight excluding hydrogens is 314 g/mol. The number of esters is 4. The number of benzene rings is 1. The highest BCUT2D eigenvalue weighted by Crippen LogP contribution is 2.52. The summed E-state index contributed by atoms with van der Waals surface area (Å²) >= 11 is 0. The molecule has 7 heteroatoms. The lowest BCUT2D eigenvalue weighted by atomic mass is 9.62. The van der Waals surface area contributed by atoms with Crippen LogP contribution < -0.4 is 5.32 Å². The summed E-state index contributed by atoms with van der Waals surface area (Å²) < 4.78 is 9.55. The van der Waals surface area contributed by atoms with E-state index in [-0.39, 0.29) is 12.8 Å². The fourth-order valence-electron chi connectivity index (χ4n) is 4.31. The molecule has 4 atom stereocenters. The van der Waals surface area contributed by atoms with E-state index in [2.05, 4.69) is 5.32 Å². The summed E-state index contributed by atoms with van der Waals surface area (Å²) in [7, 11) is 1.68. The minimum Gasteiger partial charge on any atom is -0.393 e. The van der Waals surface area contributed by atoms with E-state index in [1.54, 1.807) is 25.2 Å².